The van der Waals surface area contributed by atoms with Gasteiger partial charge in [-0.3, -0.25) is 4.79 Å². The molecule has 51 heavy (non-hydrogen) atoms. The number of piperidine rings is 1. The van der Waals surface area contributed by atoms with Crippen LogP contribution in [0, 0.1) is 0 Å². The Hall–Kier alpha value is -3.95. The summed E-state index contributed by atoms with van der Waals surface area (Å²) in [7, 11) is 0. The Kier molecular flexibility index (Phi) is 13.5. The lowest BCUT2D eigenvalue weighted by Gasteiger charge is -2.39. The Morgan fingerprint density at radius 2 is 1.71 bits per heavy atom. The van der Waals surface area contributed by atoms with Gasteiger partial charge in [-0.15, -0.1) is 0 Å². The molecule has 2 aromatic carbocycles. The van der Waals surface area contributed by atoms with Crippen LogP contribution in [0.2, 0.25) is 0 Å². The minimum Gasteiger partial charge on any atom is -0.462 e. The number of aliphatic hydroxyl groups is 4. The van der Waals surface area contributed by atoms with E-state index in [1.165, 1.54) is 0 Å². The molecule has 3 heterocycles. The lowest BCUT2D eigenvalue weighted by Crippen LogP contribution is -2.60. The maximum absolute atomic E-state index is 14.0. The highest BCUT2D eigenvalue weighted by atomic mass is 16.7. The lowest BCUT2D eigenvalue weighted by atomic mass is 9.99. The molecular weight excluding hydrogens is 658 g/mol. The highest BCUT2D eigenvalue weighted by Gasteiger charge is 2.44. The third kappa shape index (κ3) is 9.49. The maximum Gasteiger partial charge on any atom is 0.322 e. The van der Waals surface area contributed by atoms with Crippen LogP contribution in [-0.4, -0.2) is 135 Å². The fraction of sp³-hybridized carbons (Fsp3) is 0.595. The predicted octanol–water partition coefficient (Wildman–Crippen LogP) is 2.08. The summed E-state index contributed by atoms with van der Waals surface area (Å²) in [6.07, 6.45) is -2.23. The second kappa shape index (κ2) is 18.0. The van der Waals surface area contributed by atoms with Crippen molar-refractivity contribution in [2.24, 2.45) is 0 Å². The van der Waals surface area contributed by atoms with Gasteiger partial charge in [-0.1, -0.05) is 50.6 Å². The molecule has 6 atom stereocenters. The molecule has 5 amide bonds. The van der Waals surface area contributed by atoms with Crippen molar-refractivity contribution in [1.29, 1.82) is 0 Å². The topological polar surface area (TPSA) is 184 Å². The van der Waals surface area contributed by atoms with Crippen LogP contribution < -0.4 is 15.4 Å². The largest absolute Gasteiger partial charge is 0.462 e. The van der Waals surface area contributed by atoms with E-state index in [1.54, 1.807) is 29.2 Å². The number of amides is 5. The van der Waals surface area contributed by atoms with Crippen molar-refractivity contribution in [1.82, 2.24) is 20.0 Å². The first-order valence-electron chi connectivity index (χ1n) is 18.2. The number of carbonyl (C=O) groups excluding carboxylic acids is 3. The molecule has 0 saturated carbocycles. The Morgan fingerprint density at radius 1 is 0.980 bits per heavy atom. The van der Waals surface area contributed by atoms with E-state index in [2.05, 4.69) is 17.6 Å². The molecule has 0 aliphatic carbocycles. The molecule has 14 heteroatoms. The first kappa shape index (κ1) is 38.3. The van der Waals surface area contributed by atoms with Crippen molar-refractivity contribution in [2.75, 3.05) is 44.6 Å². The number of nitrogens with zero attached hydrogens (tertiary/aromatic N) is 3. The second-order valence-electron chi connectivity index (χ2n) is 13.6. The maximum atomic E-state index is 14.0. The molecule has 5 rings (SSSR count). The van der Waals surface area contributed by atoms with Crippen LogP contribution in [0.4, 0.5) is 15.3 Å². The number of aliphatic hydroxyl groups excluding tert-OH is 4. The normalized spacial score (nSPS) is 24.6. The summed E-state index contributed by atoms with van der Waals surface area (Å²) in [4.78, 5) is 46.2. The zero-order valence-corrected chi connectivity index (χ0v) is 29.5. The minimum atomic E-state index is -1.56. The number of nitrogens with one attached hydrogen (secondary N) is 2. The fourth-order valence-electron chi connectivity index (χ4n) is 6.97. The number of hydrogen-bond acceptors (Lipinski definition) is 9. The number of benzene rings is 2. The van der Waals surface area contributed by atoms with Gasteiger partial charge >= 0.3 is 12.1 Å². The Bertz CT molecular complexity index is 1450. The van der Waals surface area contributed by atoms with Gasteiger partial charge in [0, 0.05) is 50.9 Å². The van der Waals surface area contributed by atoms with Gasteiger partial charge in [-0.05, 0) is 61.4 Å². The Labute approximate surface area is 299 Å². The average molecular weight is 712 g/mol. The number of fused-ring (bicyclic) bond motifs is 1. The van der Waals surface area contributed by atoms with Gasteiger partial charge in [-0.2, -0.15) is 0 Å². The molecule has 0 radical (unpaired) electrons. The van der Waals surface area contributed by atoms with Crippen LogP contribution in [0.5, 0.6) is 5.75 Å². The highest BCUT2D eigenvalue weighted by Crippen LogP contribution is 2.26. The summed E-state index contributed by atoms with van der Waals surface area (Å²) < 4.78 is 11.2. The standard InChI is InChI=1S/C37H53N5O9/c1-3-5-18-40(17-4-2)34(47)29(22-24-10-12-27(13-11-24)50-35-33(46)32(45)31(44)30(23-43)51-35)39-36(48)41-19-15-26(16-20-41)42-21-14-25-8-6-7-9-28(25)38-37(42)49/h6-13,26,29-33,35,43-46H,3-5,14-23H2,1-2H3,(H,38,49)(H,39,48)/t29-,30?,31-,32?,33?,35+/m1/s1. The number of para-hydroxylation sites is 1. The number of ether oxygens (including phenoxy) is 2. The monoisotopic (exact) mass is 711 g/mol. The highest BCUT2D eigenvalue weighted by molar-refractivity contribution is 5.91. The molecule has 3 aliphatic rings. The molecule has 280 valence electrons. The average Bonchev–Trinajstić information content (AvgIpc) is 3.31. The van der Waals surface area contributed by atoms with E-state index in [-0.39, 0.29) is 30.4 Å². The minimum absolute atomic E-state index is 0.00130. The van der Waals surface area contributed by atoms with Crippen molar-refractivity contribution in [2.45, 2.75) is 102 Å². The molecule has 2 fully saturated rings. The smallest absolute Gasteiger partial charge is 0.322 e. The fourth-order valence-corrected chi connectivity index (χ4v) is 6.97. The van der Waals surface area contributed by atoms with Crippen LogP contribution in [-0.2, 0) is 22.4 Å². The van der Waals surface area contributed by atoms with Gasteiger partial charge < -0.3 is 55.2 Å². The van der Waals surface area contributed by atoms with E-state index in [0.717, 1.165) is 42.5 Å². The van der Waals surface area contributed by atoms with Gasteiger partial charge in [-0.25, -0.2) is 9.59 Å². The van der Waals surface area contributed by atoms with Crippen LogP contribution in [0.3, 0.4) is 0 Å². The van der Waals surface area contributed by atoms with Crippen LogP contribution >= 0.6 is 0 Å². The number of likely N-dealkylation sites (tertiary alicyclic amines) is 1. The number of hydrogen-bond donors (Lipinski definition) is 6. The van der Waals surface area contributed by atoms with Crippen LogP contribution in [0.15, 0.2) is 48.5 Å². The van der Waals surface area contributed by atoms with Gasteiger partial charge in [0.15, 0.2) is 0 Å². The van der Waals surface area contributed by atoms with Crippen molar-refractivity contribution in [3.8, 4) is 5.75 Å². The van der Waals surface area contributed by atoms with E-state index in [9.17, 15) is 34.8 Å². The van der Waals surface area contributed by atoms with E-state index in [0.29, 0.717) is 51.3 Å². The SMILES string of the molecule is CCCCN(CCC)C(=O)[C@@H](Cc1ccc(O[C@H]2OC(CO)[C@@H](O)C(O)C2O)cc1)NC(=O)N1CCC(N2CCc3ccccc3NC2=O)CC1. The number of anilines is 1. The van der Waals surface area contributed by atoms with Gasteiger partial charge in [0.05, 0.1) is 6.61 Å². The van der Waals surface area contributed by atoms with Crippen LogP contribution in [0.1, 0.15) is 57.1 Å². The first-order chi connectivity index (χ1) is 24.6. The summed E-state index contributed by atoms with van der Waals surface area (Å²) in [6, 6.07) is 13.3. The number of unbranched alkanes of at least 4 members (excludes halogenated alkanes) is 1. The number of rotatable bonds is 13. The molecular formula is C37H53N5O9. The molecule has 0 aromatic heterocycles. The summed E-state index contributed by atoms with van der Waals surface area (Å²) in [6.45, 7) is 6.19. The molecule has 6 N–H and O–H groups in total. The summed E-state index contributed by atoms with van der Waals surface area (Å²) in [5, 5.41) is 46.1. The predicted molar refractivity (Wildman–Crippen MR) is 189 cm³/mol. The Balaban J connectivity index is 1.22. The van der Waals surface area contributed by atoms with Crippen molar-refractivity contribution >= 4 is 23.7 Å². The zero-order chi connectivity index (χ0) is 36.5. The molecule has 0 spiro atoms. The second-order valence-corrected chi connectivity index (χ2v) is 13.6. The molecule has 0 bridgehead atoms. The van der Waals surface area contributed by atoms with E-state index in [4.69, 9.17) is 9.47 Å². The van der Waals surface area contributed by atoms with E-state index < -0.39 is 43.4 Å². The molecule has 2 aromatic rings. The van der Waals surface area contributed by atoms with E-state index >= 15 is 0 Å². The van der Waals surface area contributed by atoms with Crippen molar-refractivity contribution in [3.05, 3.63) is 59.7 Å². The molecule has 3 aliphatic heterocycles. The summed E-state index contributed by atoms with van der Waals surface area (Å²) in [5.74, 6) is 0.145. The third-order valence-corrected chi connectivity index (χ3v) is 9.98. The quantitative estimate of drug-likeness (QED) is 0.181. The third-order valence-electron chi connectivity index (χ3n) is 9.98. The molecule has 14 nitrogen and oxygen atoms in total. The summed E-state index contributed by atoms with van der Waals surface area (Å²) >= 11 is 0. The summed E-state index contributed by atoms with van der Waals surface area (Å²) in [5.41, 5.74) is 2.70. The van der Waals surface area contributed by atoms with E-state index in [1.807, 2.05) is 41.0 Å². The van der Waals surface area contributed by atoms with Gasteiger partial charge in [0.1, 0.15) is 36.2 Å². The molecule has 2 saturated heterocycles. The van der Waals surface area contributed by atoms with Crippen LogP contribution in [0.25, 0.3) is 0 Å². The van der Waals surface area contributed by atoms with Crippen molar-refractivity contribution in [3.63, 3.8) is 0 Å². The van der Waals surface area contributed by atoms with Crippen molar-refractivity contribution < 1.29 is 44.3 Å². The molecule has 3 unspecified atom stereocenters. The zero-order valence-electron chi connectivity index (χ0n) is 29.5. The number of carbonyl (C=O) groups is 3. The first-order valence-corrected chi connectivity index (χ1v) is 18.2. The lowest BCUT2D eigenvalue weighted by molar-refractivity contribution is -0.277. The van der Waals surface area contributed by atoms with Gasteiger partial charge in [0.25, 0.3) is 0 Å². The Morgan fingerprint density at radius 3 is 2.39 bits per heavy atom. The number of urea groups is 2. The van der Waals surface area contributed by atoms with Gasteiger partial charge in [0.2, 0.25) is 12.2 Å².